The molecule has 1 amide bonds. The Morgan fingerprint density at radius 1 is 1.25 bits per heavy atom. The van der Waals surface area contributed by atoms with Crippen molar-refractivity contribution in [2.24, 2.45) is 0 Å². The molecule has 0 aliphatic carbocycles. The zero-order valence-electron chi connectivity index (χ0n) is 12.5. The molecule has 3 aromatic rings. The molecule has 124 valence electrons. The maximum atomic E-state index is 12.7. The molecule has 0 aliphatic rings. The quantitative estimate of drug-likeness (QED) is 0.786. The molecular formula is C16H12F3N3O2. The van der Waals surface area contributed by atoms with Gasteiger partial charge in [0.2, 0.25) is 5.91 Å². The van der Waals surface area contributed by atoms with Gasteiger partial charge in [-0.05, 0) is 30.7 Å². The number of nitrogens with one attached hydrogen (secondary N) is 1. The summed E-state index contributed by atoms with van der Waals surface area (Å²) >= 11 is 0. The number of amides is 1. The van der Waals surface area contributed by atoms with Crippen molar-refractivity contribution in [3.8, 4) is 0 Å². The number of anilines is 1. The Labute approximate surface area is 134 Å². The fraction of sp³-hybridized carbons (Fsp3) is 0.188. The van der Waals surface area contributed by atoms with Crippen molar-refractivity contribution in [1.29, 1.82) is 0 Å². The van der Waals surface area contributed by atoms with Gasteiger partial charge in [0.1, 0.15) is 5.52 Å². The van der Waals surface area contributed by atoms with Crippen molar-refractivity contribution in [3.63, 3.8) is 0 Å². The molecule has 2 aromatic heterocycles. The van der Waals surface area contributed by atoms with E-state index in [1.807, 2.05) is 0 Å². The smallest absolute Gasteiger partial charge is 0.433 e. The maximum absolute atomic E-state index is 12.7. The van der Waals surface area contributed by atoms with E-state index >= 15 is 0 Å². The molecule has 1 aromatic carbocycles. The SMILES string of the molecule is CC(C(=O)Nc1cccc2oc(C(F)(F)F)nc12)c1cccnc1. The lowest BCUT2D eigenvalue weighted by Crippen LogP contribution is -2.19. The number of carbonyl (C=O) groups excluding carboxylic acids is 1. The van der Waals surface area contributed by atoms with Gasteiger partial charge in [-0.3, -0.25) is 9.78 Å². The average Bonchev–Trinajstić information content (AvgIpc) is 3.00. The molecule has 24 heavy (non-hydrogen) atoms. The molecule has 8 heteroatoms. The maximum Gasteiger partial charge on any atom is 0.468 e. The van der Waals surface area contributed by atoms with Crippen LogP contribution < -0.4 is 5.32 Å². The number of aromatic nitrogens is 2. The van der Waals surface area contributed by atoms with Crippen LogP contribution in [0.15, 0.2) is 47.1 Å². The third-order valence-corrected chi connectivity index (χ3v) is 3.50. The highest BCUT2D eigenvalue weighted by Crippen LogP contribution is 2.33. The minimum absolute atomic E-state index is 0.0449. The summed E-state index contributed by atoms with van der Waals surface area (Å²) in [4.78, 5) is 19.7. The van der Waals surface area contributed by atoms with Gasteiger partial charge in [-0.25, -0.2) is 4.98 Å². The third-order valence-electron chi connectivity index (χ3n) is 3.50. The van der Waals surface area contributed by atoms with E-state index in [4.69, 9.17) is 4.42 Å². The predicted octanol–water partition coefficient (Wildman–Crippen LogP) is 3.98. The summed E-state index contributed by atoms with van der Waals surface area (Å²) in [5.74, 6) is -2.26. The van der Waals surface area contributed by atoms with Crippen LogP contribution in [0.1, 0.15) is 24.3 Å². The topological polar surface area (TPSA) is 68.0 Å². The molecule has 2 heterocycles. The van der Waals surface area contributed by atoms with Gasteiger partial charge in [-0.15, -0.1) is 0 Å². The van der Waals surface area contributed by atoms with Gasteiger partial charge in [0.15, 0.2) is 5.58 Å². The number of carbonyl (C=O) groups is 1. The highest BCUT2D eigenvalue weighted by Gasteiger charge is 2.37. The summed E-state index contributed by atoms with van der Waals surface area (Å²) < 4.78 is 42.9. The Balaban J connectivity index is 1.90. The Hall–Kier alpha value is -2.90. The first-order valence-electron chi connectivity index (χ1n) is 7.04. The van der Waals surface area contributed by atoms with Crippen LogP contribution in [0.4, 0.5) is 18.9 Å². The summed E-state index contributed by atoms with van der Waals surface area (Å²) in [6.07, 6.45) is -1.55. The van der Waals surface area contributed by atoms with Gasteiger partial charge in [-0.1, -0.05) is 12.1 Å². The number of oxazole rings is 1. The lowest BCUT2D eigenvalue weighted by atomic mass is 10.0. The predicted molar refractivity (Wildman–Crippen MR) is 80.3 cm³/mol. The van der Waals surface area contributed by atoms with E-state index in [2.05, 4.69) is 15.3 Å². The van der Waals surface area contributed by atoms with Crippen molar-refractivity contribution >= 4 is 22.7 Å². The normalized spacial score (nSPS) is 13.0. The summed E-state index contributed by atoms with van der Waals surface area (Å²) in [5, 5.41) is 2.59. The van der Waals surface area contributed by atoms with Crippen LogP contribution in [-0.4, -0.2) is 15.9 Å². The second-order valence-corrected chi connectivity index (χ2v) is 5.17. The van der Waals surface area contributed by atoms with Crippen LogP contribution >= 0.6 is 0 Å². The monoisotopic (exact) mass is 335 g/mol. The molecule has 1 atom stereocenters. The standard InChI is InChI=1S/C16H12F3N3O2/c1-9(10-4-3-7-20-8-10)14(23)21-11-5-2-6-12-13(11)22-15(24-12)16(17,18)19/h2-9H,1H3,(H,21,23). The molecular weight excluding hydrogens is 323 g/mol. The number of rotatable bonds is 3. The Bertz CT molecular complexity index is 875. The van der Waals surface area contributed by atoms with Gasteiger partial charge in [0, 0.05) is 12.4 Å². The van der Waals surface area contributed by atoms with E-state index in [1.165, 1.54) is 18.2 Å². The van der Waals surface area contributed by atoms with E-state index in [0.717, 1.165) is 0 Å². The fourth-order valence-corrected chi connectivity index (χ4v) is 2.20. The van der Waals surface area contributed by atoms with Gasteiger partial charge < -0.3 is 9.73 Å². The van der Waals surface area contributed by atoms with Crippen molar-refractivity contribution < 1.29 is 22.4 Å². The first kappa shape index (κ1) is 16.0. The third kappa shape index (κ3) is 3.08. The number of pyridine rings is 1. The molecule has 3 rings (SSSR count). The zero-order chi connectivity index (χ0) is 17.3. The van der Waals surface area contributed by atoms with Gasteiger partial charge >= 0.3 is 12.1 Å². The largest absolute Gasteiger partial charge is 0.468 e. The highest BCUT2D eigenvalue weighted by atomic mass is 19.4. The van der Waals surface area contributed by atoms with E-state index < -0.39 is 18.0 Å². The second kappa shape index (κ2) is 5.95. The van der Waals surface area contributed by atoms with Crippen LogP contribution in [0.2, 0.25) is 0 Å². The molecule has 0 bridgehead atoms. The Kier molecular flexibility index (Phi) is 3.96. The van der Waals surface area contributed by atoms with Crippen LogP contribution in [0.3, 0.4) is 0 Å². The first-order chi connectivity index (χ1) is 11.4. The van der Waals surface area contributed by atoms with Crippen LogP contribution in [-0.2, 0) is 11.0 Å². The summed E-state index contributed by atoms with van der Waals surface area (Å²) in [6.45, 7) is 1.68. The van der Waals surface area contributed by atoms with Gasteiger partial charge in [-0.2, -0.15) is 13.2 Å². The number of hydrogen-bond acceptors (Lipinski definition) is 4. The van der Waals surface area contributed by atoms with Crippen molar-refractivity contribution in [1.82, 2.24) is 9.97 Å². The molecule has 0 aliphatic heterocycles. The van der Waals surface area contributed by atoms with Crippen molar-refractivity contribution in [2.45, 2.75) is 19.0 Å². The molecule has 0 radical (unpaired) electrons. The van der Waals surface area contributed by atoms with Gasteiger partial charge in [0.25, 0.3) is 0 Å². The molecule has 1 unspecified atom stereocenters. The van der Waals surface area contributed by atoms with E-state index in [0.29, 0.717) is 5.56 Å². The lowest BCUT2D eigenvalue weighted by molar-refractivity contribution is -0.156. The highest BCUT2D eigenvalue weighted by molar-refractivity contribution is 6.01. The summed E-state index contributed by atoms with van der Waals surface area (Å²) in [5.41, 5.74) is 0.761. The number of alkyl halides is 3. The second-order valence-electron chi connectivity index (χ2n) is 5.17. The Morgan fingerprint density at radius 3 is 2.71 bits per heavy atom. The molecule has 0 spiro atoms. The zero-order valence-corrected chi connectivity index (χ0v) is 12.5. The molecule has 1 N–H and O–H groups in total. The van der Waals surface area contributed by atoms with Crippen molar-refractivity contribution in [3.05, 3.63) is 54.2 Å². The van der Waals surface area contributed by atoms with Crippen LogP contribution in [0, 0.1) is 0 Å². The number of nitrogens with zero attached hydrogens (tertiary/aromatic N) is 2. The number of para-hydroxylation sites is 1. The average molecular weight is 335 g/mol. The van der Waals surface area contributed by atoms with E-state index in [-0.39, 0.29) is 22.7 Å². The molecule has 0 fully saturated rings. The fourth-order valence-electron chi connectivity index (χ4n) is 2.20. The van der Waals surface area contributed by atoms with E-state index in [9.17, 15) is 18.0 Å². The van der Waals surface area contributed by atoms with Crippen molar-refractivity contribution in [2.75, 3.05) is 5.32 Å². The van der Waals surface area contributed by atoms with Crippen LogP contribution in [0.5, 0.6) is 0 Å². The summed E-state index contributed by atoms with van der Waals surface area (Å²) in [6, 6.07) is 7.76. The number of fused-ring (bicyclic) bond motifs is 1. The van der Waals surface area contributed by atoms with Gasteiger partial charge in [0.05, 0.1) is 11.6 Å². The minimum atomic E-state index is -4.69. The lowest BCUT2D eigenvalue weighted by Gasteiger charge is -2.12. The Morgan fingerprint density at radius 2 is 2.04 bits per heavy atom. The number of benzene rings is 1. The minimum Gasteiger partial charge on any atom is -0.433 e. The number of halogens is 3. The number of hydrogen-bond donors (Lipinski definition) is 1. The first-order valence-corrected chi connectivity index (χ1v) is 7.04. The summed E-state index contributed by atoms with van der Waals surface area (Å²) in [7, 11) is 0. The van der Waals surface area contributed by atoms with E-state index in [1.54, 1.807) is 31.5 Å². The molecule has 0 saturated carbocycles. The van der Waals surface area contributed by atoms with Crippen LogP contribution in [0.25, 0.3) is 11.1 Å². The molecule has 0 saturated heterocycles. The molecule has 5 nitrogen and oxygen atoms in total.